The number of rotatable bonds is 7. The molecule has 0 spiro atoms. The molecule has 10 heteroatoms. The Morgan fingerprint density at radius 1 is 1.13 bits per heavy atom. The molecule has 0 bridgehead atoms. The Bertz CT molecular complexity index is 1280. The van der Waals surface area contributed by atoms with E-state index in [2.05, 4.69) is 18.5 Å². The number of nitrogens with zero attached hydrogens (tertiary/aromatic N) is 4. The maximum Gasteiger partial charge on any atom is 0.302 e. The molecule has 1 atom stereocenters. The maximum atomic E-state index is 12.9. The second-order valence-electron chi connectivity index (χ2n) is 6.88. The van der Waals surface area contributed by atoms with Gasteiger partial charge in [0.2, 0.25) is 10.0 Å². The summed E-state index contributed by atoms with van der Waals surface area (Å²) in [5.74, 6) is 0.672. The minimum atomic E-state index is -3.75. The van der Waals surface area contributed by atoms with Crippen molar-refractivity contribution in [1.82, 2.24) is 23.0 Å². The van der Waals surface area contributed by atoms with Crippen LogP contribution in [0.25, 0.3) is 11.0 Å². The van der Waals surface area contributed by atoms with Gasteiger partial charge in [0.15, 0.2) is 0 Å². The molecule has 4 aromatic rings. The lowest BCUT2D eigenvalue weighted by atomic mass is 10.2. The topological polar surface area (TPSA) is 99.0 Å². The predicted molar refractivity (Wildman–Crippen MR) is 115 cm³/mol. The van der Waals surface area contributed by atoms with Gasteiger partial charge < -0.3 is 4.74 Å². The summed E-state index contributed by atoms with van der Waals surface area (Å²) in [5.41, 5.74) is 3.08. The molecule has 0 aliphatic rings. The third-order valence-corrected chi connectivity index (χ3v) is 6.80. The minimum Gasteiger partial charge on any atom is -0.426 e. The number of aromatic nitrogens is 4. The number of fused-ring (bicyclic) bond motifs is 1. The van der Waals surface area contributed by atoms with E-state index in [1.807, 2.05) is 42.7 Å². The number of aryl methyl sites for hydroxylation is 1. The first kappa shape index (κ1) is 20.5. The van der Waals surface area contributed by atoms with Gasteiger partial charge in [-0.05, 0) is 51.1 Å². The standard InChI is InChI=1S/C20H21N5O3S2/c1-4-25-19(12-21-20(25)28-15-7-5-13(2)6-8-15)14(3)24-30(26,27)16-9-10-17-18(11-16)23-29-22-17/h5-12,14,24H,4H2,1-3H3. The van der Waals surface area contributed by atoms with E-state index in [0.717, 1.165) is 17.3 Å². The van der Waals surface area contributed by atoms with Crippen molar-refractivity contribution in [1.29, 1.82) is 0 Å². The summed E-state index contributed by atoms with van der Waals surface area (Å²) in [6.45, 7) is 6.32. The molecule has 0 aliphatic heterocycles. The van der Waals surface area contributed by atoms with Gasteiger partial charge in [0.1, 0.15) is 16.8 Å². The summed E-state index contributed by atoms with van der Waals surface area (Å²) >= 11 is 1.05. The van der Waals surface area contributed by atoms with Gasteiger partial charge >= 0.3 is 6.01 Å². The van der Waals surface area contributed by atoms with Crippen molar-refractivity contribution in [2.24, 2.45) is 0 Å². The summed E-state index contributed by atoms with van der Waals surface area (Å²) < 4.78 is 44.5. The highest BCUT2D eigenvalue weighted by Gasteiger charge is 2.23. The first-order valence-corrected chi connectivity index (χ1v) is 11.6. The van der Waals surface area contributed by atoms with E-state index in [0.29, 0.717) is 35.0 Å². The van der Waals surface area contributed by atoms with Crippen molar-refractivity contribution >= 4 is 32.8 Å². The summed E-state index contributed by atoms with van der Waals surface area (Å²) in [4.78, 5) is 4.50. The lowest BCUT2D eigenvalue weighted by Crippen LogP contribution is -2.28. The summed E-state index contributed by atoms with van der Waals surface area (Å²) in [6, 6.07) is 12.3. The fourth-order valence-corrected chi connectivity index (χ4v) is 4.87. The molecule has 0 saturated heterocycles. The Kier molecular flexibility index (Phi) is 5.54. The molecule has 8 nitrogen and oxygen atoms in total. The van der Waals surface area contributed by atoms with Gasteiger partial charge in [0.25, 0.3) is 0 Å². The van der Waals surface area contributed by atoms with Gasteiger partial charge in [0, 0.05) is 6.54 Å². The zero-order chi connectivity index (χ0) is 21.3. The van der Waals surface area contributed by atoms with Crippen LogP contribution >= 0.6 is 11.7 Å². The first-order chi connectivity index (χ1) is 14.4. The van der Waals surface area contributed by atoms with Crippen molar-refractivity contribution in [3.05, 3.63) is 59.9 Å². The Morgan fingerprint density at radius 2 is 1.87 bits per heavy atom. The molecule has 2 aromatic heterocycles. The normalized spacial score (nSPS) is 12.9. The zero-order valence-corrected chi connectivity index (χ0v) is 18.4. The molecular formula is C20H21N5O3S2. The smallest absolute Gasteiger partial charge is 0.302 e. The third kappa shape index (κ3) is 4.07. The predicted octanol–water partition coefficient (Wildman–Crippen LogP) is 4.05. The van der Waals surface area contributed by atoms with Crippen LogP contribution in [0.3, 0.4) is 0 Å². The highest BCUT2D eigenvalue weighted by atomic mass is 32.2. The van der Waals surface area contributed by atoms with E-state index in [4.69, 9.17) is 4.74 Å². The number of nitrogens with one attached hydrogen (secondary N) is 1. The van der Waals surface area contributed by atoms with Crippen LogP contribution in [0.2, 0.25) is 0 Å². The fraction of sp³-hybridized carbons (Fsp3) is 0.250. The Labute approximate surface area is 178 Å². The van der Waals surface area contributed by atoms with Gasteiger partial charge in [-0.2, -0.15) is 8.75 Å². The van der Waals surface area contributed by atoms with Crippen molar-refractivity contribution in [2.45, 2.75) is 38.3 Å². The van der Waals surface area contributed by atoms with E-state index in [-0.39, 0.29) is 4.90 Å². The summed E-state index contributed by atoms with van der Waals surface area (Å²) in [5, 5.41) is 0. The lowest BCUT2D eigenvalue weighted by molar-refractivity contribution is 0.408. The van der Waals surface area contributed by atoms with E-state index in [1.165, 1.54) is 12.1 Å². The van der Waals surface area contributed by atoms with Gasteiger partial charge in [-0.25, -0.2) is 18.1 Å². The van der Waals surface area contributed by atoms with Crippen LogP contribution in [0.5, 0.6) is 11.8 Å². The molecule has 0 amide bonds. The van der Waals surface area contributed by atoms with E-state index in [1.54, 1.807) is 19.2 Å². The Morgan fingerprint density at radius 3 is 2.60 bits per heavy atom. The molecule has 2 heterocycles. The molecule has 30 heavy (non-hydrogen) atoms. The van der Waals surface area contributed by atoms with Crippen molar-refractivity contribution in [3.8, 4) is 11.8 Å². The molecule has 1 N–H and O–H groups in total. The number of imidazole rings is 1. The highest BCUT2D eigenvalue weighted by Crippen LogP contribution is 2.26. The molecule has 0 aliphatic carbocycles. The Hall–Kier alpha value is -2.82. The minimum absolute atomic E-state index is 0.147. The van der Waals surface area contributed by atoms with Crippen LogP contribution in [-0.4, -0.2) is 26.7 Å². The maximum absolute atomic E-state index is 12.9. The monoisotopic (exact) mass is 443 g/mol. The summed E-state index contributed by atoms with van der Waals surface area (Å²) in [6.07, 6.45) is 1.63. The molecule has 4 rings (SSSR count). The van der Waals surface area contributed by atoms with E-state index < -0.39 is 16.1 Å². The quantitative estimate of drug-likeness (QED) is 0.463. The third-order valence-electron chi connectivity index (χ3n) is 4.71. The molecule has 1 unspecified atom stereocenters. The second-order valence-corrected chi connectivity index (χ2v) is 9.13. The van der Waals surface area contributed by atoms with Crippen LogP contribution in [0.1, 0.15) is 31.1 Å². The molecule has 0 fully saturated rings. The molecular weight excluding hydrogens is 422 g/mol. The van der Waals surface area contributed by atoms with E-state index in [9.17, 15) is 8.42 Å². The number of hydrogen-bond acceptors (Lipinski definition) is 7. The number of sulfonamides is 1. The van der Waals surface area contributed by atoms with Gasteiger partial charge in [0.05, 0.1) is 34.6 Å². The average molecular weight is 444 g/mol. The van der Waals surface area contributed by atoms with Gasteiger partial charge in [-0.1, -0.05) is 17.7 Å². The van der Waals surface area contributed by atoms with Crippen LogP contribution in [-0.2, 0) is 16.6 Å². The highest BCUT2D eigenvalue weighted by molar-refractivity contribution is 7.89. The Balaban J connectivity index is 1.57. The van der Waals surface area contributed by atoms with Gasteiger partial charge in [-0.3, -0.25) is 4.57 Å². The van der Waals surface area contributed by atoms with Gasteiger partial charge in [-0.15, -0.1) is 0 Å². The average Bonchev–Trinajstić information content (AvgIpc) is 3.35. The van der Waals surface area contributed by atoms with Crippen molar-refractivity contribution in [3.63, 3.8) is 0 Å². The summed E-state index contributed by atoms with van der Waals surface area (Å²) in [7, 11) is -3.75. The molecule has 0 saturated carbocycles. The van der Waals surface area contributed by atoms with Crippen LogP contribution in [0, 0.1) is 6.92 Å². The first-order valence-electron chi connectivity index (χ1n) is 9.42. The molecule has 156 valence electrons. The number of hydrogen-bond donors (Lipinski definition) is 1. The van der Waals surface area contributed by atoms with Crippen molar-refractivity contribution in [2.75, 3.05) is 0 Å². The van der Waals surface area contributed by atoms with Crippen LogP contribution in [0.4, 0.5) is 0 Å². The fourth-order valence-electron chi connectivity index (χ4n) is 3.12. The number of benzene rings is 2. The van der Waals surface area contributed by atoms with E-state index >= 15 is 0 Å². The SMILES string of the molecule is CCn1c(C(C)NS(=O)(=O)c2ccc3nsnc3c2)cnc1Oc1ccc(C)cc1. The van der Waals surface area contributed by atoms with Crippen LogP contribution in [0.15, 0.2) is 53.6 Å². The second kappa shape index (κ2) is 8.13. The van der Waals surface area contributed by atoms with Crippen molar-refractivity contribution < 1.29 is 13.2 Å². The number of ether oxygens (including phenoxy) is 1. The lowest BCUT2D eigenvalue weighted by Gasteiger charge is -2.17. The van der Waals surface area contributed by atoms with Crippen LogP contribution < -0.4 is 9.46 Å². The largest absolute Gasteiger partial charge is 0.426 e. The molecule has 0 radical (unpaired) electrons. The molecule has 2 aromatic carbocycles. The zero-order valence-electron chi connectivity index (χ0n) is 16.7.